The van der Waals surface area contributed by atoms with Crippen LogP contribution in [0.25, 0.3) is 0 Å². The number of imide groups is 1. The summed E-state index contributed by atoms with van der Waals surface area (Å²) in [6.45, 7) is 2.17. The van der Waals surface area contributed by atoms with Gasteiger partial charge in [-0.1, -0.05) is 19.1 Å². The Labute approximate surface area is 178 Å². The van der Waals surface area contributed by atoms with Crippen LogP contribution in [0, 0.1) is 5.92 Å². The molecule has 2 N–H and O–H groups in total. The number of fused-ring (bicyclic) bond motifs is 1. The summed E-state index contributed by atoms with van der Waals surface area (Å²) in [6, 6.07) is 7.82. The number of alkyl carbamates (subject to hydrolysis) is 1. The van der Waals surface area contributed by atoms with Gasteiger partial charge in [0.15, 0.2) is 0 Å². The second-order valence-electron chi connectivity index (χ2n) is 7.07. The Bertz CT molecular complexity index is 922. The second-order valence-corrected chi connectivity index (χ2v) is 9.06. The molecule has 0 saturated carbocycles. The van der Waals surface area contributed by atoms with Crippen molar-refractivity contribution in [3.8, 4) is 0 Å². The van der Waals surface area contributed by atoms with Crippen LogP contribution in [0.2, 0.25) is 0 Å². The molecule has 1 unspecified atom stereocenters. The zero-order chi connectivity index (χ0) is 21.0. The quantitative estimate of drug-likeness (QED) is 0.689. The zero-order valence-electron chi connectivity index (χ0n) is 16.7. The van der Waals surface area contributed by atoms with Gasteiger partial charge in [-0.05, 0) is 54.7 Å². The van der Waals surface area contributed by atoms with E-state index in [9.17, 15) is 14.4 Å². The average Bonchev–Trinajstić information content (AvgIpc) is 3.04. The van der Waals surface area contributed by atoms with Gasteiger partial charge in [0.1, 0.15) is 5.00 Å². The van der Waals surface area contributed by atoms with E-state index in [0.717, 1.165) is 40.2 Å². The third kappa shape index (κ3) is 5.19. The highest BCUT2D eigenvalue weighted by molar-refractivity contribution is 7.98. The largest absolute Gasteiger partial charge is 0.453 e. The van der Waals surface area contributed by atoms with E-state index >= 15 is 0 Å². The molecule has 3 rings (SSSR count). The summed E-state index contributed by atoms with van der Waals surface area (Å²) < 4.78 is 4.54. The number of ether oxygens (including phenoxy) is 1. The Kier molecular flexibility index (Phi) is 6.97. The number of carbonyl (C=O) groups is 3. The van der Waals surface area contributed by atoms with E-state index in [4.69, 9.17) is 0 Å². The summed E-state index contributed by atoms with van der Waals surface area (Å²) in [4.78, 5) is 39.1. The van der Waals surface area contributed by atoms with Crippen molar-refractivity contribution < 1.29 is 19.1 Å². The average molecular weight is 433 g/mol. The van der Waals surface area contributed by atoms with Crippen molar-refractivity contribution in [2.24, 2.45) is 5.92 Å². The van der Waals surface area contributed by atoms with Crippen molar-refractivity contribution in [2.45, 2.75) is 37.5 Å². The first-order valence-electron chi connectivity index (χ1n) is 9.37. The molecule has 1 aliphatic rings. The molecule has 0 fully saturated rings. The number of methoxy groups -OCH3 is 1. The van der Waals surface area contributed by atoms with E-state index in [-0.39, 0.29) is 12.3 Å². The summed E-state index contributed by atoms with van der Waals surface area (Å²) in [5, 5.41) is 5.61. The Balaban J connectivity index is 1.82. The van der Waals surface area contributed by atoms with Crippen molar-refractivity contribution in [1.29, 1.82) is 0 Å². The first-order valence-corrected chi connectivity index (χ1v) is 11.4. The number of thioether (sulfide) groups is 1. The number of rotatable bonds is 5. The maximum absolute atomic E-state index is 12.7. The Morgan fingerprint density at radius 1 is 1.24 bits per heavy atom. The normalized spacial score (nSPS) is 15.3. The molecule has 1 aliphatic carbocycles. The van der Waals surface area contributed by atoms with Crippen LogP contribution in [0.1, 0.15) is 39.7 Å². The molecule has 6 nitrogen and oxygen atoms in total. The fraction of sp³-hybridized carbons (Fsp3) is 0.381. The van der Waals surface area contributed by atoms with Gasteiger partial charge >= 0.3 is 6.09 Å². The minimum atomic E-state index is -0.815. The number of nitrogens with one attached hydrogen (secondary N) is 2. The van der Waals surface area contributed by atoms with Gasteiger partial charge in [0.05, 0.1) is 19.1 Å². The lowest BCUT2D eigenvalue weighted by Gasteiger charge is -2.18. The van der Waals surface area contributed by atoms with Crippen molar-refractivity contribution in [3.63, 3.8) is 0 Å². The predicted molar refractivity (Wildman–Crippen MR) is 116 cm³/mol. The molecule has 1 aromatic carbocycles. The highest BCUT2D eigenvalue weighted by Crippen LogP contribution is 2.39. The first kappa shape index (κ1) is 21.4. The second kappa shape index (κ2) is 9.45. The minimum Gasteiger partial charge on any atom is -0.453 e. The number of benzene rings is 1. The van der Waals surface area contributed by atoms with Crippen LogP contribution >= 0.6 is 23.1 Å². The van der Waals surface area contributed by atoms with E-state index in [1.807, 2.05) is 30.5 Å². The van der Waals surface area contributed by atoms with Crippen molar-refractivity contribution >= 4 is 46.0 Å². The molecule has 8 heteroatoms. The van der Waals surface area contributed by atoms with Crippen molar-refractivity contribution in [1.82, 2.24) is 5.32 Å². The van der Waals surface area contributed by atoms with Gasteiger partial charge in [-0.15, -0.1) is 23.1 Å². The summed E-state index contributed by atoms with van der Waals surface area (Å²) >= 11 is 3.07. The van der Waals surface area contributed by atoms with Gasteiger partial charge in [-0.25, -0.2) is 4.79 Å². The van der Waals surface area contributed by atoms with Crippen molar-refractivity contribution in [2.75, 3.05) is 18.7 Å². The van der Waals surface area contributed by atoms with Crippen molar-refractivity contribution in [3.05, 3.63) is 45.8 Å². The summed E-state index contributed by atoms with van der Waals surface area (Å²) in [5.74, 6) is -0.208. The van der Waals surface area contributed by atoms with E-state index in [1.54, 1.807) is 11.8 Å². The number of hydrogen-bond acceptors (Lipinski definition) is 6. The standard InChI is InChI=1S/C21H24N2O4S2/c1-12-4-9-15-16(10-12)29-20(18(15)19(25)23-21(26)27-2)22-17(24)11-13-5-7-14(28-3)8-6-13/h5-8,12H,4,9-11H2,1-3H3,(H,22,24)(H,23,25,26). The van der Waals surface area contributed by atoms with Crippen LogP contribution in [0.4, 0.5) is 9.80 Å². The van der Waals surface area contributed by atoms with Crippen LogP contribution in [-0.2, 0) is 28.8 Å². The van der Waals surface area contributed by atoms with Gasteiger partial charge in [0.2, 0.25) is 5.91 Å². The lowest BCUT2D eigenvalue weighted by molar-refractivity contribution is -0.115. The Morgan fingerprint density at radius 2 is 1.97 bits per heavy atom. The van der Waals surface area contributed by atoms with Gasteiger partial charge in [0.25, 0.3) is 5.91 Å². The fourth-order valence-electron chi connectivity index (χ4n) is 3.38. The van der Waals surface area contributed by atoms with Crippen LogP contribution in [0.15, 0.2) is 29.2 Å². The van der Waals surface area contributed by atoms with Crippen LogP contribution in [0.3, 0.4) is 0 Å². The molecule has 1 atom stereocenters. The topological polar surface area (TPSA) is 84.5 Å². The number of thiophene rings is 1. The third-order valence-electron chi connectivity index (χ3n) is 4.92. The SMILES string of the molecule is COC(=O)NC(=O)c1c(NC(=O)Cc2ccc(SC)cc2)sc2c1CCC(C)C2. The molecule has 0 bridgehead atoms. The monoisotopic (exact) mass is 432 g/mol. The molecule has 0 spiro atoms. The Morgan fingerprint density at radius 3 is 2.62 bits per heavy atom. The van der Waals surface area contributed by atoms with Crippen LogP contribution in [0.5, 0.6) is 0 Å². The zero-order valence-corrected chi connectivity index (χ0v) is 18.3. The number of amides is 3. The smallest absolute Gasteiger partial charge is 0.413 e. The number of anilines is 1. The van der Waals surface area contributed by atoms with Gasteiger partial charge < -0.3 is 10.1 Å². The maximum atomic E-state index is 12.7. The number of carbonyl (C=O) groups excluding carboxylic acids is 3. The molecule has 3 amide bonds. The third-order valence-corrected chi connectivity index (χ3v) is 6.83. The van der Waals surface area contributed by atoms with Crippen LogP contribution in [-0.4, -0.2) is 31.3 Å². The highest BCUT2D eigenvalue weighted by atomic mass is 32.2. The van der Waals surface area contributed by atoms with E-state index < -0.39 is 12.0 Å². The predicted octanol–water partition coefficient (Wildman–Crippen LogP) is 4.27. The molecule has 0 aliphatic heterocycles. The fourth-order valence-corrected chi connectivity index (χ4v) is 5.22. The molecule has 1 heterocycles. The highest BCUT2D eigenvalue weighted by Gasteiger charge is 2.29. The van der Waals surface area contributed by atoms with Crippen LogP contribution < -0.4 is 10.6 Å². The molecule has 1 aromatic heterocycles. The summed E-state index contributed by atoms with van der Waals surface area (Å²) in [6.07, 6.45) is 3.99. The maximum Gasteiger partial charge on any atom is 0.413 e. The van der Waals surface area contributed by atoms with Gasteiger partial charge in [0, 0.05) is 9.77 Å². The first-order chi connectivity index (χ1) is 13.9. The molecule has 154 valence electrons. The lowest BCUT2D eigenvalue weighted by atomic mass is 9.88. The Hall–Kier alpha value is -2.32. The molecule has 29 heavy (non-hydrogen) atoms. The summed E-state index contributed by atoms with van der Waals surface area (Å²) in [7, 11) is 1.21. The number of hydrogen-bond donors (Lipinski definition) is 2. The molecule has 2 aromatic rings. The van der Waals surface area contributed by atoms with E-state index in [1.165, 1.54) is 18.4 Å². The van der Waals surface area contributed by atoms with E-state index in [2.05, 4.69) is 22.3 Å². The molecule has 0 radical (unpaired) electrons. The summed E-state index contributed by atoms with van der Waals surface area (Å²) in [5.41, 5.74) is 2.21. The molecular weight excluding hydrogens is 408 g/mol. The van der Waals surface area contributed by atoms with Gasteiger partial charge in [-0.2, -0.15) is 0 Å². The minimum absolute atomic E-state index is 0.194. The molecular formula is C21H24N2O4S2. The van der Waals surface area contributed by atoms with Gasteiger partial charge in [-0.3, -0.25) is 14.9 Å². The molecule has 0 saturated heterocycles. The lowest BCUT2D eigenvalue weighted by Crippen LogP contribution is -2.31. The van der Waals surface area contributed by atoms with E-state index in [0.29, 0.717) is 16.5 Å².